The van der Waals surface area contributed by atoms with Crippen LogP contribution in [-0.2, 0) is 6.54 Å². The minimum atomic E-state index is -0.100. The van der Waals surface area contributed by atoms with Crippen molar-refractivity contribution in [2.45, 2.75) is 40.2 Å². The fourth-order valence-electron chi connectivity index (χ4n) is 2.13. The number of amides is 1. The maximum absolute atomic E-state index is 12.0. The summed E-state index contributed by atoms with van der Waals surface area (Å²) in [5.74, 6) is 1.61. The Morgan fingerprint density at radius 1 is 1.30 bits per heavy atom. The summed E-state index contributed by atoms with van der Waals surface area (Å²) in [6, 6.07) is 1.93. The maximum Gasteiger partial charge on any atom is 0.263 e. The van der Waals surface area contributed by atoms with Crippen LogP contribution in [0.1, 0.15) is 53.5 Å². The highest BCUT2D eigenvalue weighted by molar-refractivity contribution is 14.0. The fourth-order valence-corrected chi connectivity index (χ4v) is 2.85. The van der Waals surface area contributed by atoms with E-state index in [1.807, 2.05) is 19.9 Å². The summed E-state index contributed by atoms with van der Waals surface area (Å²) < 4.78 is 5.29. The maximum atomic E-state index is 12.0. The number of carbonyl (C=O) groups excluding carboxylic acids is 1. The Kier molecular flexibility index (Phi) is 10.3. The molecule has 10 heteroatoms. The highest BCUT2D eigenvalue weighted by Gasteiger charge is 2.11. The zero-order chi connectivity index (χ0) is 18.9. The third-order valence-corrected chi connectivity index (χ3v) is 4.49. The molecule has 0 saturated heterocycles. The van der Waals surface area contributed by atoms with Gasteiger partial charge in [0.2, 0.25) is 0 Å². The minimum Gasteiger partial charge on any atom is -0.359 e. The zero-order valence-corrected chi connectivity index (χ0v) is 19.2. The van der Waals surface area contributed by atoms with Crippen molar-refractivity contribution in [3.8, 4) is 0 Å². The summed E-state index contributed by atoms with van der Waals surface area (Å²) in [6.07, 6.45) is 0. The first kappa shape index (κ1) is 23.3. The van der Waals surface area contributed by atoms with E-state index in [0.717, 1.165) is 23.7 Å². The molecule has 0 saturated carbocycles. The van der Waals surface area contributed by atoms with Crippen LogP contribution in [0.25, 0.3) is 0 Å². The van der Waals surface area contributed by atoms with Gasteiger partial charge < -0.3 is 20.5 Å². The number of aromatic nitrogens is 2. The predicted octanol–water partition coefficient (Wildman–Crippen LogP) is 2.67. The molecular weight excluding hydrogens is 479 g/mol. The van der Waals surface area contributed by atoms with Crippen molar-refractivity contribution in [3.05, 3.63) is 33.6 Å². The molecule has 2 aromatic heterocycles. The highest BCUT2D eigenvalue weighted by Crippen LogP contribution is 2.14. The molecule has 0 atom stereocenters. The molecular formula is C17H27IN6O2S. The molecule has 2 rings (SSSR count). The van der Waals surface area contributed by atoms with Gasteiger partial charge in [-0.3, -0.25) is 4.79 Å². The van der Waals surface area contributed by atoms with Gasteiger partial charge in [-0.15, -0.1) is 35.3 Å². The van der Waals surface area contributed by atoms with E-state index in [1.165, 1.54) is 11.3 Å². The molecule has 0 radical (unpaired) electrons. The van der Waals surface area contributed by atoms with Gasteiger partial charge in [0.25, 0.3) is 5.91 Å². The van der Waals surface area contributed by atoms with Crippen molar-refractivity contribution in [2.24, 2.45) is 4.99 Å². The van der Waals surface area contributed by atoms with Crippen LogP contribution in [0.2, 0.25) is 0 Å². The Bertz CT molecular complexity index is 743. The number of carbonyl (C=O) groups is 1. The van der Waals surface area contributed by atoms with Gasteiger partial charge in [0.1, 0.15) is 11.4 Å². The molecule has 0 unspecified atom stereocenters. The first-order valence-electron chi connectivity index (χ1n) is 8.67. The SMILES string of the molecule is CCNC(=NCc1cc(C(C)C)no1)NCCNC(=O)c1scnc1C.I. The molecule has 8 nitrogen and oxygen atoms in total. The topological polar surface area (TPSA) is 104 Å². The number of hydrogen-bond donors (Lipinski definition) is 3. The van der Waals surface area contributed by atoms with Gasteiger partial charge in [-0.2, -0.15) is 0 Å². The van der Waals surface area contributed by atoms with Crippen LogP contribution in [0.15, 0.2) is 21.1 Å². The number of nitrogens with one attached hydrogen (secondary N) is 3. The number of halogens is 1. The lowest BCUT2D eigenvalue weighted by atomic mass is 10.1. The van der Waals surface area contributed by atoms with E-state index < -0.39 is 0 Å². The van der Waals surface area contributed by atoms with Crippen LogP contribution >= 0.6 is 35.3 Å². The van der Waals surface area contributed by atoms with Crippen LogP contribution < -0.4 is 16.0 Å². The quantitative estimate of drug-likeness (QED) is 0.220. The van der Waals surface area contributed by atoms with E-state index >= 15 is 0 Å². The van der Waals surface area contributed by atoms with Crippen molar-refractivity contribution in [2.75, 3.05) is 19.6 Å². The van der Waals surface area contributed by atoms with Crippen LogP contribution in [0.4, 0.5) is 0 Å². The molecule has 150 valence electrons. The molecule has 0 aliphatic rings. The normalized spacial score (nSPS) is 11.2. The van der Waals surface area contributed by atoms with Gasteiger partial charge in [0.05, 0.1) is 16.9 Å². The fraction of sp³-hybridized carbons (Fsp3) is 0.529. The van der Waals surface area contributed by atoms with Crippen molar-refractivity contribution in [3.63, 3.8) is 0 Å². The van der Waals surface area contributed by atoms with Crippen molar-refractivity contribution in [1.82, 2.24) is 26.1 Å². The van der Waals surface area contributed by atoms with Crippen LogP contribution in [-0.4, -0.2) is 41.6 Å². The second kappa shape index (κ2) is 11.9. The number of thiazole rings is 1. The lowest BCUT2D eigenvalue weighted by molar-refractivity contribution is 0.0957. The van der Waals surface area contributed by atoms with E-state index in [0.29, 0.717) is 36.4 Å². The van der Waals surface area contributed by atoms with Gasteiger partial charge >= 0.3 is 0 Å². The number of guanidine groups is 1. The van der Waals surface area contributed by atoms with Crippen LogP contribution in [0.3, 0.4) is 0 Å². The minimum absolute atomic E-state index is 0. The number of nitrogens with zero attached hydrogens (tertiary/aromatic N) is 3. The molecule has 1 amide bonds. The highest BCUT2D eigenvalue weighted by atomic mass is 127. The zero-order valence-electron chi connectivity index (χ0n) is 16.0. The molecule has 3 N–H and O–H groups in total. The van der Waals surface area contributed by atoms with E-state index in [2.05, 4.69) is 44.9 Å². The summed E-state index contributed by atoms with van der Waals surface area (Å²) in [5, 5.41) is 13.2. The molecule has 0 bridgehead atoms. The van der Waals surface area contributed by atoms with Crippen molar-refractivity contribution < 1.29 is 9.32 Å². The van der Waals surface area contributed by atoms with Gasteiger partial charge in [-0.05, 0) is 19.8 Å². The largest absolute Gasteiger partial charge is 0.359 e. The van der Waals surface area contributed by atoms with Gasteiger partial charge in [0.15, 0.2) is 11.7 Å². The Morgan fingerprint density at radius 3 is 2.63 bits per heavy atom. The molecule has 0 fully saturated rings. The summed E-state index contributed by atoms with van der Waals surface area (Å²) in [5.41, 5.74) is 3.35. The lowest BCUT2D eigenvalue weighted by Gasteiger charge is -2.11. The standard InChI is InChI=1S/C17H26N6O2S.HI/c1-5-18-17(21-9-13-8-14(11(2)3)23-25-13)20-7-6-19-16(24)15-12(4)22-10-26-15;/h8,10-11H,5-7,9H2,1-4H3,(H,19,24)(H2,18,20,21);1H. The first-order valence-corrected chi connectivity index (χ1v) is 9.55. The Labute approximate surface area is 180 Å². The summed E-state index contributed by atoms with van der Waals surface area (Å²) >= 11 is 1.34. The third kappa shape index (κ3) is 7.45. The molecule has 0 aromatic carbocycles. The van der Waals surface area contributed by atoms with Gasteiger partial charge in [-0.1, -0.05) is 19.0 Å². The van der Waals surface area contributed by atoms with Gasteiger partial charge in [0, 0.05) is 25.7 Å². The van der Waals surface area contributed by atoms with Gasteiger partial charge in [-0.25, -0.2) is 9.98 Å². The van der Waals surface area contributed by atoms with E-state index in [4.69, 9.17) is 4.52 Å². The number of aliphatic imine (C=N–C) groups is 1. The molecule has 2 heterocycles. The molecule has 27 heavy (non-hydrogen) atoms. The summed E-state index contributed by atoms with van der Waals surface area (Å²) in [7, 11) is 0. The summed E-state index contributed by atoms with van der Waals surface area (Å²) in [4.78, 5) is 21.2. The number of hydrogen-bond acceptors (Lipinski definition) is 6. The number of aryl methyl sites for hydroxylation is 1. The second-order valence-corrected chi connectivity index (χ2v) is 6.87. The van der Waals surface area contributed by atoms with Crippen LogP contribution in [0, 0.1) is 6.92 Å². The third-order valence-electron chi connectivity index (χ3n) is 3.56. The Hall–Kier alpha value is -1.69. The van der Waals surface area contributed by atoms with E-state index in [1.54, 1.807) is 5.51 Å². The van der Waals surface area contributed by atoms with Crippen molar-refractivity contribution >= 4 is 47.2 Å². The van der Waals surface area contributed by atoms with E-state index in [9.17, 15) is 4.79 Å². The predicted molar refractivity (Wildman–Crippen MR) is 118 cm³/mol. The molecule has 0 aliphatic carbocycles. The monoisotopic (exact) mass is 506 g/mol. The average molecular weight is 506 g/mol. The lowest BCUT2D eigenvalue weighted by Crippen LogP contribution is -2.41. The smallest absolute Gasteiger partial charge is 0.263 e. The molecule has 2 aromatic rings. The Morgan fingerprint density at radius 2 is 2.04 bits per heavy atom. The summed E-state index contributed by atoms with van der Waals surface area (Å²) in [6.45, 7) is 10.2. The Balaban J connectivity index is 0.00000364. The van der Waals surface area contributed by atoms with E-state index in [-0.39, 0.29) is 29.9 Å². The molecule has 0 spiro atoms. The average Bonchev–Trinajstić information content (AvgIpc) is 3.25. The number of rotatable bonds is 8. The first-order chi connectivity index (χ1) is 12.5. The second-order valence-electron chi connectivity index (χ2n) is 6.02. The molecule has 0 aliphatic heterocycles. The van der Waals surface area contributed by atoms with Crippen LogP contribution in [0.5, 0.6) is 0 Å². The van der Waals surface area contributed by atoms with Crippen molar-refractivity contribution in [1.29, 1.82) is 0 Å².